The summed E-state index contributed by atoms with van der Waals surface area (Å²) in [7, 11) is 0. The second-order valence-corrected chi connectivity index (χ2v) is 6.43. The molecular weight excluding hydrogens is 372 g/mol. The van der Waals surface area contributed by atoms with Crippen molar-refractivity contribution in [2.75, 3.05) is 32.8 Å². The van der Waals surface area contributed by atoms with Crippen LogP contribution in [-0.4, -0.2) is 44.1 Å². The number of fused-ring (bicyclic) bond motifs is 1. The number of aliphatic hydroxyl groups is 1. The van der Waals surface area contributed by atoms with Gasteiger partial charge in [-0.15, -0.1) is 12.4 Å². The highest BCUT2D eigenvalue weighted by atomic mass is 79.9. The second kappa shape index (κ2) is 8.36. The zero-order valence-electron chi connectivity index (χ0n) is 12.3. The van der Waals surface area contributed by atoms with Gasteiger partial charge in [0.05, 0.1) is 23.8 Å². The van der Waals surface area contributed by atoms with E-state index in [4.69, 9.17) is 9.47 Å². The average molecular weight is 394 g/mol. The van der Waals surface area contributed by atoms with Gasteiger partial charge in [0, 0.05) is 38.5 Å². The first kappa shape index (κ1) is 17.8. The van der Waals surface area contributed by atoms with Crippen molar-refractivity contribution in [3.8, 4) is 11.5 Å². The molecule has 5 nitrogen and oxygen atoms in total. The molecule has 2 aliphatic rings. The number of hydrogen-bond donors (Lipinski definition) is 3. The topological polar surface area (TPSA) is 62.8 Å². The number of benzene rings is 1. The van der Waals surface area contributed by atoms with Crippen molar-refractivity contribution in [2.45, 2.75) is 19.1 Å². The van der Waals surface area contributed by atoms with E-state index >= 15 is 0 Å². The van der Waals surface area contributed by atoms with Crippen LogP contribution in [0.2, 0.25) is 0 Å². The lowest BCUT2D eigenvalue weighted by Crippen LogP contribution is -2.30. The Kier molecular flexibility index (Phi) is 6.77. The van der Waals surface area contributed by atoms with Crippen molar-refractivity contribution in [1.82, 2.24) is 10.6 Å². The largest absolute Gasteiger partial charge is 0.490 e. The van der Waals surface area contributed by atoms with Gasteiger partial charge in [0.1, 0.15) is 0 Å². The van der Waals surface area contributed by atoms with Crippen molar-refractivity contribution in [3.63, 3.8) is 0 Å². The van der Waals surface area contributed by atoms with E-state index in [1.54, 1.807) is 0 Å². The molecule has 1 saturated heterocycles. The van der Waals surface area contributed by atoms with Crippen LogP contribution in [0.15, 0.2) is 16.6 Å². The summed E-state index contributed by atoms with van der Waals surface area (Å²) in [5.41, 5.74) is 1.14. The van der Waals surface area contributed by atoms with Crippen molar-refractivity contribution in [2.24, 2.45) is 5.92 Å². The Balaban J connectivity index is 0.00000176. The molecule has 0 saturated carbocycles. The fourth-order valence-corrected chi connectivity index (χ4v) is 3.32. The van der Waals surface area contributed by atoms with Crippen LogP contribution in [0.4, 0.5) is 0 Å². The van der Waals surface area contributed by atoms with Gasteiger partial charge in [-0.3, -0.25) is 0 Å². The summed E-state index contributed by atoms with van der Waals surface area (Å²) in [6.45, 7) is 4.51. The minimum atomic E-state index is -0.243. The second-order valence-electron chi connectivity index (χ2n) is 5.57. The molecule has 1 fully saturated rings. The highest BCUT2D eigenvalue weighted by Crippen LogP contribution is 2.38. The van der Waals surface area contributed by atoms with Gasteiger partial charge in [0.15, 0.2) is 11.5 Å². The lowest BCUT2D eigenvalue weighted by Gasteiger charge is -2.15. The SMILES string of the molecule is Cl.OC1CNCC1CNCc1cc(Br)c2c(c1)OCCCO2. The molecule has 0 spiro atoms. The van der Waals surface area contributed by atoms with Gasteiger partial charge in [-0.1, -0.05) is 0 Å². The Hall–Kier alpha value is -0.530. The third-order valence-corrected chi connectivity index (χ3v) is 4.49. The van der Waals surface area contributed by atoms with Crippen molar-refractivity contribution < 1.29 is 14.6 Å². The van der Waals surface area contributed by atoms with Crippen LogP contribution in [0.25, 0.3) is 0 Å². The first-order chi connectivity index (χ1) is 10.2. The van der Waals surface area contributed by atoms with E-state index in [0.717, 1.165) is 47.6 Å². The molecule has 3 rings (SSSR count). The molecule has 1 aromatic rings. The molecule has 2 atom stereocenters. The molecule has 2 aliphatic heterocycles. The summed E-state index contributed by atoms with van der Waals surface area (Å²) >= 11 is 3.55. The molecule has 22 heavy (non-hydrogen) atoms. The van der Waals surface area contributed by atoms with Crippen LogP contribution < -0.4 is 20.1 Å². The Morgan fingerprint density at radius 3 is 2.86 bits per heavy atom. The van der Waals surface area contributed by atoms with Gasteiger partial charge < -0.3 is 25.2 Å². The Bertz CT molecular complexity index is 504. The fourth-order valence-electron chi connectivity index (χ4n) is 2.72. The van der Waals surface area contributed by atoms with Crippen LogP contribution in [0.5, 0.6) is 11.5 Å². The maximum absolute atomic E-state index is 9.77. The molecule has 0 radical (unpaired) electrons. The molecule has 0 aromatic heterocycles. The van der Waals surface area contributed by atoms with Gasteiger partial charge in [0.2, 0.25) is 0 Å². The van der Waals surface area contributed by atoms with Crippen molar-refractivity contribution in [3.05, 3.63) is 22.2 Å². The van der Waals surface area contributed by atoms with E-state index in [9.17, 15) is 5.11 Å². The van der Waals surface area contributed by atoms with Crippen LogP contribution in [0, 0.1) is 5.92 Å². The minimum Gasteiger partial charge on any atom is -0.490 e. The number of ether oxygens (including phenoxy) is 2. The summed E-state index contributed by atoms with van der Waals surface area (Å²) in [6.07, 6.45) is 0.661. The normalized spacial score (nSPS) is 23.7. The standard InChI is InChI=1S/C15H21BrN2O3.ClH/c16-12-4-10(5-14-15(12)21-3-1-2-20-14)6-17-7-11-8-18-9-13(11)19;/h4-5,11,13,17-19H,1-3,6-9H2;1H. The molecule has 1 aromatic carbocycles. The van der Waals surface area contributed by atoms with Crippen LogP contribution in [0.1, 0.15) is 12.0 Å². The van der Waals surface area contributed by atoms with Crippen molar-refractivity contribution in [1.29, 1.82) is 0 Å². The monoisotopic (exact) mass is 392 g/mol. The molecule has 2 unspecified atom stereocenters. The number of β-amino-alcohol motifs (C(OH)–C–C–N with tert-alkyl or cyclic N) is 1. The van der Waals surface area contributed by atoms with E-state index in [2.05, 4.69) is 32.6 Å². The summed E-state index contributed by atoms with van der Waals surface area (Å²) in [6, 6.07) is 4.09. The number of halogens is 2. The maximum atomic E-state index is 9.77. The zero-order chi connectivity index (χ0) is 14.7. The Morgan fingerprint density at radius 2 is 2.09 bits per heavy atom. The Morgan fingerprint density at radius 1 is 1.27 bits per heavy atom. The molecular formula is C15H22BrClN2O3. The first-order valence-electron chi connectivity index (χ1n) is 7.41. The third-order valence-electron chi connectivity index (χ3n) is 3.90. The number of rotatable bonds is 4. The summed E-state index contributed by atoms with van der Waals surface area (Å²) in [5.74, 6) is 1.89. The average Bonchev–Trinajstić information content (AvgIpc) is 2.73. The van der Waals surface area contributed by atoms with E-state index in [-0.39, 0.29) is 24.4 Å². The molecule has 2 heterocycles. The van der Waals surface area contributed by atoms with Crippen LogP contribution >= 0.6 is 28.3 Å². The molecule has 0 amide bonds. The summed E-state index contributed by atoms with van der Waals surface area (Å²) in [4.78, 5) is 0. The van der Waals surface area contributed by atoms with Crippen molar-refractivity contribution >= 4 is 28.3 Å². The van der Waals surface area contributed by atoms with E-state index < -0.39 is 0 Å². The number of aliphatic hydroxyl groups excluding tert-OH is 1. The highest BCUT2D eigenvalue weighted by molar-refractivity contribution is 9.10. The predicted octanol–water partition coefficient (Wildman–Crippen LogP) is 1.70. The predicted molar refractivity (Wildman–Crippen MR) is 91.1 cm³/mol. The third kappa shape index (κ3) is 4.26. The zero-order valence-corrected chi connectivity index (χ0v) is 14.7. The lowest BCUT2D eigenvalue weighted by molar-refractivity contribution is 0.146. The van der Waals surface area contributed by atoms with Gasteiger partial charge in [-0.25, -0.2) is 0 Å². The van der Waals surface area contributed by atoms with Gasteiger partial charge in [0.25, 0.3) is 0 Å². The molecule has 7 heteroatoms. The van der Waals surface area contributed by atoms with E-state index in [0.29, 0.717) is 19.8 Å². The first-order valence-corrected chi connectivity index (χ1v) is 8.21. The van der Waals surface area contributed by atoms with Crippen LogP contribution in [0.3, 0.4) is 0 Å². The van der Waals surface area contributed by atoms with Gasteiger partial charge >= 0.3 is 0 Å². The highest BCUT2D eigenvalue weighted by Gasteiger charge is 2.24. The summed E-state index contributed by atoms with van der Waals surface area (Å²) < 4.78 is 12.4. The van der Waals surface area contributed by atoms with E-state index in [1.165, 1.54) is 0 Å². The molecule has 0 bridgehead atoms. The molecule has 3 N–H and O–H groups in total. The van der Waals surface area contributed by atoms with E-state index in [1.807, 2.05) is 6.07 Å². The van der Waals surface area contributed by atoms with Gasteiger partial charge in [-0.2, -0.15) is 0 Å². The summed E-state index contributed by atoms with van der Waals surface area (Å²) in [5, 5.41) is 16.4. The fraction of sp³-hybridized carbons (Fsp3) is 0.600. The van der Waals surface area contributed by atoms with Gasteiger partial charge in [-0.05, 0) is 33.6 Å². The maximum Gasteiger partial charge on any atom is 0.175 e. The smallest absolute Gasteiger partial charge is 0.175 e. The quantitative estimate of drug-likeness (QED) is 0.727. The van der Waals surface area contributed by atoms with Crippen LogP contribution in [-0.2, 0) is 6.54 Å². The minimum absolute atomic E-state index is 0. The lowest BCUT2D eigenvalue weighted by atomic mass is 10.1. The molecule has 0 aliphatic carbocycles. The number of nitrogens with one attached hydrogen (secondary N) is 2. The number of hydrogen-bond acceptors (Lipinski definition) is 5. The Labute approximate surface area is 145 Å². The molecule has 124 valence electrons.